The van der Waals surface area contributed by atoms with E-state index in [0.717, 1.165) is 19.3 Å². The van der Waals surface area contributed by atoms with Crippen molar-refractivity contribution >= 4 is 27.8 Å². The molecule has 1 saturated heterocycles. The molecular formula is C16H24F2O5S2. The van der Waals surface area contributed by atoms with E-state index in [4.69, 9.17) is 9.29 Å². The summed E-state index contributed by atoms with van der Waals surface area (Å²) in [5.41, 5.74) is -0.958. The number of hydrogen-bond acceptors (Lipinski definition) is 5. The molecule has 1 N–H and O–H groups in total. The lowest BCUT2D eigenvalue weighted by Gasteiger charge is -2.55. The quantitative estimate of drug-likeness (QED) is 0.579. The van der Waals surface area contributed by atoms with Gasteiger partial charge >= 0.3 is 21.3 Å². The highest BCUT2D eigenvalue weighted by Crippen LogP contribution is 2.57. The molecule has 1 aliphatic heterocycles. The van der Waals surface area contributed by atoms with Gasteiger partial charge in [-0.1, -0.05) is 0 Å². The summed E-state index contributed by atoms with van der Waals surface area (Å²) >= 11 is 2.07. The van der Waals surface area contributed by atoms with E-state index in [9.17, 15) is 22.0 Å². The van der Waals surface area contributed by atoms with E-state index in [-0.39, 0.29) is 0 Å². The van der Waals surface area contributed by atoms with Gasteiger partial charge in [0.1, 0.15) is 5.60 Å². The Morgan fingerprint density at radius 3 is 1.80 bits per heavy atom. The lowest BCUT2D eigenvalue weighted by Crippen LogP contribution is -2.55. The standard InChI is InChI=1S/C12H16F2O5S.C4H8S/c13-12(14,20(16,17)18)10(15)19-11-4-7-1-8(5-11)3-9(2-7)6-11;1-2-4-5-3-1/h7-9H,1-6H2,(H,16,17,18);1-4H2. The number of ether oxygens (including phenoxy) is 1. The molecule has 5 fully saturated rings. The molecular weight excluding hydrogens is 374 g/mol. The Kier molecular flexibility index (Phi) is 5.39. The number of carbonyl (C=O) groups is 1. The summed E-state index contributed by atoms with van der Waals surface area (Å²) in [5.74, 6) is 1.79. The molecule has 25 heavy (non-hydrogen) atoms. The van der Waals surface area contributed by atoms with Gasteiger partial charge in [0.2, 0.25) is 0 Å². The van der Waals surface area contributed by atoms with E-state index >= 15 is 0 Å². The normalized spacial score (nSPS) is 36.7. The monoisotopic (exact) mass is 398 g/mol. The number of alkyl halides is 2. The Hall–Kier alpha value is -0.410. The Morgan fingerprint density at radius 2 is 1.48 bits per heavy atom. The predicted octanol–water partition coefficient (Wildman–Crippen LogP) is 3.49. The van der Waals surface area contributed by atoms with Gasteiger partial charge in [0.25, 0.3) is 0 Å². The van der Waals surface area contributed by atoms with Crippen LogP contribution in [-0.2, 0) is 19.6 Å². The van der Waals surface area contributed by atoms with Crippen LogP contribution in [-0.4, -0.2) is 41.3 Å². The highest BCUT2D eigenvalue weighted by atomic mass is 32.2. The molecule has 0 unspecified atom stereocenters. The van der Waals surface area contributed by atoms with Crippen LogP contribution in [0.25, 0.3) is 0 Å². The third-order valence-electron chi connectivity index (χ3n) is 5.68. The van der Waals surface area contributed by atoms with E-state index in [0.29, 0.717) is 37.0 Å². The van der Waals surface area contributed by atoms with E-state index in [2.05, 4.69) is 11.8 Å². The maximum Gasteiger partial charge on any atom is 0.465 e. The molecule has 0 amide bonds. The van der Waals surface area contributed by atoms with Crippen molar-refractivity contribution < 1.29 is 31.3 Å². The molecule has 0 aromatic rings. The van der Waals surface area contributed by atoms with Crippen molar-refractivity contribution in [1.82, 2.24) is 0 Å². The largest absolute Gasteiger partial charge is 0.465 e. The summed E-state index contributed by atoms with van der Waals surface area (Å²) in [7, 11) is -5.79. The Bertz CT molecular complexity index is 573. The molecule has 9 heteroatoms. The predicted molar refractivity (Wildman–Crippen MR) is 90.0 cm³/mol. The minimum Gasteiger partial charge on any atom is -0.454 e. The molecule has 0 aromatic heterocycles. The van der Waals surface area contributed by atoms with Crippen LogP contribution < -0.4 is 0 Å². The van der Waals surface area contributed by atoms with E-state index in [1.165, 1.54) is 24.3 Å². The van der Waals surface area contributed by atoms with E-state index < -0.39 is 26.9 Å². The number of halogens is 2. The fourth-order valence-corrected chi connectivity index (χ4v) is 6.30. The number of esters is 1. The van der Waals surface area contributed by atoms with Crippen molar-refractivity contribution in [3.05, 3.63) is 0 Å². The zero-order chi connectivity index (χ0) is 18.3. The van der Waals surface area contributed by atoms with Crippen LogP contribution in [0, 0.1) is 17.8 Å². The van der Waals surface area contributed by atoms with Gasteiger partial charge < -0.3 is 4.74 Å². The molecule has 1 heterocycles. The Labute approximate surface area is 151 Å². The van der Waals surface area contributed by atoms with Gasteiger partial charge in [-0.3, -0.25) is 4.55 Å². The second kappa shape index (κ2) is 6.96. The molecule has 4 aliphatic carbocycles. The number of carbonyl (C=O) groups excluding carboxylic acids is 1. The van der Waals surface area contributed by atoms with Gasteiger partial charge in [0.05, 0.1) is 0 Å². The van der Waals surface area contributed by atoms with Crippen LogP contribution in [0.2, 0.25) is 0 Å². The van der Waals surface area contributed by atoms with E-state index in [1.54, 1.807) is 0 Å². The fraction of sp³-hybridized carbons (Fsp3) is 0.938. The van der Waals surface area contributed by atoms with Crippen molar-refractivity contribution in [2.24, 2.45) is 17.8 Å². The number of hydrogen-bond donors (Lipinski definition) is 1. The molecule has 0 spiro atoms. The van der Waals surface area contributed by atoms with Crippen LogP contribution in [0.15, 0.2) is 0 Å². The summed E-state index contributed by atoms with van der Waals surface area (Å²) in [5, 5.41) is -4.89. The highest BCUT2D eigenvalue weighted by Gasteiger charge is 2.59. The number of rotatable bonds is 3. The molecule has 0 aromatic carbocycles. The lowest BCUT2D eigenvalue weighted by molar-refractivity contribution is -0.201. The molecule has 5 rings (SSSR count). The number of thioether (sulfide) groups is 1. The van der Waals surface area contributed by atoms with Crippen molar-refractivity contribution in [3.8, 4) is 0 Å². The molecule has 5 aliphatic rings. The fourth-order valence-electron chi connectivity index (χ4n) is 5.03. The van der Waals surface area contributed by atoms with Gasteiger partial charge in [-0.15, -0.1) is 0 Å². The maximum absolute atomic E-state index is 13.3. The topological polar surface area (TPSA) is 80.7 Å². The molecule has 4 saturated carbocycles. The second-order valence-corrected chi connectivity index (χ2v) is 10.5. The third-order valence-corrected chi connectivity index (χ3v) is 7.65. The first-order chi connectivity index (χ1) is 11.6. The maximum atomic E-state index is 13.3. The van der Waals surface area contributed by atoms with Gasteiger partial charge in [0, 0.05) is 0 Å². The first kappa shape index (κ1) is 19.4. The minimum atomic E-state index is -5.79. The van der Waals surface area contributed by atoms with Gasteiger partial charge in [-0.2, -0.15) is 29.0 Å². The van der Waals surface area contributed by atoms with Gasteiger partial charge in [-0.05, 0) is 80.6 Å². The average Bonchev–Trinajstić information content (AvgIpc) is 3.03. The SMILES string of the molecule is C1CCSC1.O=C(OC12CC3CC(CC(C3)C1)C2)C(F)(F)S(=O)(=O)O. The van der Waals surface area contributed by atoms with Gasteiger partial charge in [-0.25, -0.2) is 4.79 Å². The molecule has 0 atom stereocenters. The zero-order valence-electron chi connectivity index (χ0n) is 14.0. The molecule has 144 valence electrons. The highest BCUT2D eigenvalue weighted by molar-refractivity contribution is 7.99. The lowest BCUT2D eigenvalue weighted by atomic mass is 9.54. The molecule has 4 bridgehead atoms. The van der Waals surface area contributed by atoms with Crippen molar-refractivity contribution in [3.63, 3.8) is 0 Å². The summed E-state index contributed by atoms with van der Waals surface area (Å²) in [6.07, 6.45) is 7.59. The minimum absolute atomic E-state index is 0.369. The smallest absolute Gasteiger partial charge is 0.454 e. The van der Waals surface area contributed by atoms with Crippen molar-refractivity contribution in [2.75, 3.05) is 11.5 Å². The summed E-state index contributed by atoms with van der Waals surface area (Å²) < 4.78 is 61.1. The van der Waals surface area contributed by atoms with Crippen LogP contribution in [0.1, 0.15) is 51.4 Å². The summed E-state index contributed by atoms with van der Waals surface area (Å²) in [6.45, 7) is 0. The van der Waals surface area contributed by atoms with Crippen LogP contribution in [0.5, 0.6) is 0 Å². The third kappa shape index (κ3) is 4.13. The van der Waals surface area contributed by atoms with E-state index in [1.807, 2.05) is 0 Å². The Morgan fingerprint density at radius 1 is 1.04 bits per heavy atom. The first-order valence-electron chi connectivity index (χ1n) is 8.77. The van der Waals surface area contributed by atoms with Crippen LogP contribution >= 0.6 is 11.8 Å². The summed E-state index contributed by atoms with van der Waals surface area (Å²) in [6, 6.07) is 0. The van der Waals surface area contributed by atoms with Crippen LogP contribution in [0.3, 0.4) is 0 Å². The van der Waals surface area contributed by atoms with Gasteiger partial charge in [0.15, 0.2) is 0 Å². The summed E-state index contributed by atoms with van der Waals surface area (Å²) in [4.78, 5) is 11.5. The second-order valence-electron chi connectivity index (χ2n) is 7.80. The Balaban J connectivity index is 0.000000314. The average molecular weight is 398 g/mol. The van der Waals surface area contributed by atoms with Crippen LogP contribution in [0.4, 0.5) is 8.78 Å². The zero-order valence-corrected chi connectivity index (χ0v) is 15.6. The first-order valence-corrected chi connectivity index (χ1v) is 11.4. The molecule has 0 radical (unpaired) electrons. The van der Waals surface area contributed by atoms with Crippen molar-refractivity contribution in [1.29, 1.82) is 0 Å². The molecule has 5 nitrogen and oxygen atoms in total. The van der Waals surface area contributed by atoms with Crippen molar-refractivity contribution in [2.45, 2.75) is 62.2 Å².